The van der Waals surface area contributed by atoms with Crippen molar-refractivity contribution in [1.29, 1.82) is 5.26 Å². The Morgan fingerprint density at radius 2 is 1.74 bits per heavy atom. The first-order chi connectivity index (χ1) is 9.20. The fraction of sp³-hybridized carbons (Fsp3) is 0.133. The summed E-state index contributed by atoms with van der Waals surface area (Å²) in [4.78, 5) is 0. The zero-order valence-corrected chi connectivity index (χ0v) is 10.2. The maximum atomic E-state index is 10.7. The molecule has 0 saturated carbocycles. The first kappa shape index (κ1) is 13.1. The Morgan fingerprint density at radius 3 is 2.26 bits per heavy atom. The van der Waals surface area contributed by atoms with Crippen LogP contribution in [0.2, 0.25) is 0 Å². The maximum absolute atomic E-state index is 10.7. The Morgan fingerprint density at radius 1 is 1.11 bits per heavy atom. The molecule has 0 fully saturated rings. The molecule has 0 aliphatic rings. The summed E-state index contributed by atoms with van der Waals surface area (Å²) in [7, 11) is 0. The second-order valence-electron chi connectivity index (χ2n) is 4.24. The molecule has 1 N–H and O–H groups in total. The zero-order chi connectivity index (χ0) is 13.7. The topological polar surface area (TPSA) is 70.3 Å². The fourth-order valence-corrected chi connectivity index (χ4v) is 1.92. The van der Waals surface area contributed by atoms with E-state index in [2.05, 4.69) is 6.07 Å². The lowest BCUT2D eigenvalue weighted by atomic mass is 9.93. The Kier molecular flexibility index (Phi) is 4.14. The van der Waals surface area contributed by atoms with E-state index in [0.29, 0.717) is 6.42 Å². The van der Waals surface area contributed by atoms with E-state index in [4.69, 9.17) is 5.21 Å². The molecule has 19 heavy (non-hydrogen) atoms. The number of nitrogens with zero attached hydrogens (tertiary/aromatic N) is 2. The lowest BCUT2D eigenvalue weighted by molar-refractivity contribution is 0.296. The van der Waals surface area contributed by atoms with Gasteiger partial charge in [-0.25, -0.2) is 0 Å². The molecule has 0 saturated heterocycles. The van der Waals surface area contributed by atoms with Crippen molar-refractivity contribution in [2.45, 2.75) is 12.3 Å². The molecule has 0 aromatic heterocycles. The van der Waals surface area contributed by atoms with Crippen LogP contribution in [0.25, 0.3) is 0 Å². The number of benzene rings is 2. The van der Waals surface area contributed by atoms with Gasteiger partial charge in [0.2, 0.25) is 0 Å². The van der Waals surface area contributed by atoms with Gasteiger partial charge in [-0.1, -0.05) is 42.5 Å². The average Bonchev–Trinajstić information content (AvgIpc) is 2.46. The highest BCUT2D eigenvalue weighted by molar-refractivity contribution is 5.46. The molecule has 0 amide bonds. The number of rotatable bonds is 4. The van der Waals surface area contributed by atoms with E-state index in [1.54, 1.807) is 12.1 Å². The van der Waals surface area contributed by atoms with E-state index in [-0.39, 0.29) is 16.8 Å². The summed E-state index contributed by atoms with van der Waals surface area (Å²) in [5.41, 5.74) is 2.10. The van der Waals surface area contributed by atoms with Crippen LogP contribution in [0.3, 0.4) is 0 Å². The second kappa shape index (κ2) is 6.01. The van der Waals surface area contributed by atoms with Crippen LogP contribution in [-0.2, 0) is 6.42 Å². The quantitative estimate of drug-likeness (QED) is 0.849. The van der Waals surface area contributed by atoms with E-state index in [0.717, 1.165) is 11.1 Å². The van der Waals surface area contributed by atoms with E-state index < -0.39 is 0 Å². The zero-order valence-electron chi connectivity index (χ0n) is 10.2. The molecule has 0 aliphatic carbocycles. The summed E-state index contributed by atoms with van der Waals surface area (Å²) < 4.78 is 0. The maximum Gasteiger partial charge on any atom is 0.0753 e. The van der Waals surface area contributed by atoms with Crippen molar-refractivity contribution in [2.24, 2.45) is 0 Å². The summed E-state index contributed by atoms with van der Waals surface area (Å²) in [6.07, 6.45) is 0.574. The fourth-order valence-electron chi connectivity index (χ4n) is 1.92. The van der Waals surface area contributed by atoms with E-state index in [1.807, 2.05) is 30.3 Å². The van der Waals surface area contributed by atoms with Crippen LogP contribution >= 0.6 is 0 Å². The minimum atomic E-state index is -0.218. The van der Waals surface area contributed by atoms with Crippen molar-refractivity contribution in [3.63, 3.8) is 0 Å². The number of hydrogen-bond acceptors (Lipinski definition) is 4. The van der Waals surface area contributed by atoms with Crippen LogP contribution in [0.5, 0.6) is 0 Å². The lowest BCUT2D eigenvalue weighted by Gasteiger charge is -2.21. The van der Waals surface area contributed by atoms with Gasteiger partial charge in [-0.15, -0.1) is 0 Å². The molecular weight excluding hydrogens is 240 g/mol. The highest BCUT2D eigenvalue weighted by Crippen LogP contribution is 2.21. The molecule has 96 valence electrons. The molecule has 4 nitrogen and oxygen atoms in total. The molecule has 2 rings (SSSR count). The molecule has 0 aliphatic heterocycles. The van der Waals surface area contributed by atoms with Crippen molar-refractivity contribution in [3.8, 4) is 6.07 Å². The molecule has 4 heteroatoms. The first-order valence-corrected chi connectivity index (χ1v) is 5.90. The van der Waals surface area contributed by atoms with Crippen molar-refractivity contribution in [1.82, 2.24) is 0 Å². The minimum Gasteiger partial charge on any atom is -0.733 e. The normalized spacial score (nSPS) is 11.6. The number of nitriles is 1. The smallest absolute Gasteiger partial charge is 0.0753 e. The molecule has 2 aromatic carbocycles. The van der Waals surface area contributed by atoms with Crippen LogP contribution in [0, 0.1) is 16.5 Å². The van der Waals surface area contributed by atoms with Gasteiger partial charge in [0.05, 0.1) is 17.7 Å². The Balaban J connectivity index is 2.13. The van der Waals surface area contributed by atoms with Gasteiger partial charge in [-0.2, -0.15) is 5.26 Å². The van der Waals surface area contributed by atoms with Gasteiger partial charge in [0.25, 0.3) is 0 Å². The highest BCUT2D eigenvalue weighted by Gasteiger charge is 2.10. The predicted octanol–water partition coefficient (Wildman–Crippen LogP) is 3.23. The highest BCUT2D eigenvalue weighted by atomic mass is 16.8. The molecule has 0 radical (unpaired) electrons. The van der Waals surface area contributed by atoms with Gasteiger partial charge in [0.15, 0.2) is 0 Å². The van der Waals surface area contributed by atoms with Crippen molar-refractivity contribution >= 4 is 5.69 Å². The van der Waals surface area contributed by atoms with Crippen molar-refractivity contribution in [3.05, 3.63) is 70.9 Å². The van der Waals surface area contributed by atoms with Crippen LogP contribution in [-0.4, -0.2) is 5.21 Å². The van der Waals surface area contributed by atoms with Crippen LogP contribution in [0.1, 0.15) is 17.0 Å². The lowest BCUT2D eigenvalue weighted by Crippen LogP contribution is -2.07. The van der Waals surface area contributed by atoms with Crippen molar-refractivity contribution < 1.29 is 5.21 Å². The largest absolute Gasteiger partial charge is 0.733 e. The molecule has 0 heterocycles. The molecule has 0 unspecified atom stereocenters. The van der Waals surface area contributed by atoms with Crippen LogP contribution in [0.15, 0.2) is 54.6 Å². The molecule has 0 bridgehead atoms. The van der Waals surface area contributed by atoms with Gasteiger partial charge in [-0.05, 0) is 29.7 Å². The predicted molar refractivity (Wildman–Crippen MR) is 72.6 cm³/mol. The van der Waals surface area contributed by atoms with Gasteiger partial charge in [-0.3, -0.25) is 5.21 Å². The molecular formula is C15H13N2O2-. The molecule has 0 spiro atoms. The molecule has 1 atom stereocenters. The van der Waals surface area contributed by atoms with Crippen LogP contribution in [0.4, 0.5) is 5.69 Å². The Bertz CT molecular complexity index is 559. The van der Waals surface area contributed by atoms with Crippen LogP contribution < -0.4 is 5.23 Å². The SMILES string of the molecule is N#C[C@H](Cc1ccc(N([O-])O)cc1)c1ccccc1. The summed E-state index contributed by atoms with van der Waals surface area (Å²) >= 11 is 0. The van der Waals surface area contributed by atoms with E-state index in [9.17, 15) is 10.5 Å². The monoisotopic (exact) mass is 253 g/mol. The third-order valence-electron chi connectivity index (χ3n) is 2.95. The van der Waals surface area contributed by atoms with Crippen molar-refractivity contribution in [2.75, 3.05) is 5.23 Å². The van der Waals surface area contributed by atoms with E-state index in [1.165, 1.54) is 12.1 Å². The Hall–Kier alpha value is -2.35. The first-order valence-electron chi connectivity index (χ1n) is 5.90. The third-order valence-corrected chi connectivity index (χ3v) is 2.95. The summed E-state index contributed by atoms with van der Waals surface area (Å²) in [6.45, 7) is 0. The minimum absolute atomic E-state index is 0.178. The van der Waals surface area contributed by atoms with Gasteiger partial charge in [0, 0.05) is 0 Å². The number of hydrogen-bond donors (Lipinski definition) is 1. The average molecular weight is 253 g/mol. The van der Waals surface area contributed by atoms with E-state index >= 15 is 0 Å². The van der Waals surface area contributed by atoms with Gasteiger partial charge >= 0.3 is 0 Å². The standard InChI is InChI=1S/C15H13N2O2/c16-11-14(13-4-2-1-3-5-13)10-12-6-8-15(9-7-12)17(18)19/h1-9,14,18H,10H2/q-1/t14-/m0/s1. The third kappa shape index (κ3) is 3.32. The second-order valence-corrected chi connectivity index (χ2v) is 4.24. The van der Waals surface area contributed by atoms with Gasteiger partial charge < -0.3 is 10.4 Å². The summed E-state index contributed by atoms with van der Waals surface area (Å²) in [6, 6.07) is 18.4. The molecule has 2 aromatic rings. The summed E-state index contributed by atoms with van der Waals surface area (Å²) in [5.74, 6) is -0.218. The van der Waals surface area contributed by atoms with Gasteiger partial charge in [0.1, 0.15) is 0 Å². The number of anilines is 1. The Labute approximate surface area is 111 Å². The summed E-state index contributed by atoms with van der Waals surface area (Å²) in [5, 5.41) is 28.5.